The molecule has 1 aliphatic rings. The van der Waals surface area contributed by atoms with Crippen molar-refractivity contribution in [1.82, 2.24) is 15.0 Å². The van der Waals surface area contributed by atoms with E-state index in [0.717, 1.165) is 50.2 Å². The van der Waals surface area contributed by atoms with Crippen LogP contribution in [0.25, 0.3) is 0 Å². The summed E-state index contributed by atoms with van der Waals surface area (Å²) in [6, 6.07) is 0.472. The summed E-state index contributed by atoms with van der Waals surface area (Å²) in [5.74, 6) is 2.31. The number of ether oxygens (including phenoxy) is 1. The molecule has 0 spiro atoms. The Morgan fingerprint density at radius 1 is 1.53 bits per heavy atom. The van der Waals surface area contributed by atoms with Crippen molar-refractivity contribution in [1.29, 1.82) is 0 Å². The molecule has 0 N–H and O–H groups in total. The number of nitrogens with zero attached hydrogens (tertiary/aromatic N) is 3. The second kappa shape index (κ2) is 6.37. The maximum Gasteiger partial charge on any atom is 0.240 e. The molecule has 1 aromatic heterocycles. The highest BCUT2D eigenvalue weighted by molar-refractivity contribution is 7.97. The molecule has 0 radical (unpaired) electrons. The fourth-order valence-electron chi connectivity index (χ4n) is 1.99. The fraction of sp³-hybridized carbons (Fsp3) is 0.818. The molecule has 17 heavy (non-hydrogen) atoms. The Kier molecular flexibility index (Phi) is 4.82. The van der Waals surface area contributed by atoms with E-state index >= 15 is 0 Å². The van der Waals surface area contributed by atoms with Gasteiger partial charge >= 0.3 is 0 Å². The second-order valence-corrected chi connectivity index (χ2v) is 5.01. The third-order valence-corrected chi connectivity index (χ3v) is 3.49. The molecule has 1 aliphatic heterocycles. The lowest BCUT2D eigenvalue weighted by Gasteiger charge is -2.33. The van der Waals surface area contributed by atoms with Crippen LogP contribution in [0, 0.1) is 0 Å². The first kappa shape index (κ1) is 12.9. The molecule has 96 valence electrons. The number of hydrogen-bond acceptors (Lipinski definition) is 6. The average Bonchev–Trinajstić information content (AvgIpc) is 2.78. The lowest BCUT2D eigenvalue weighted by atomic mass is 10.2. The summed E-state index contributed by atoms with van der Waals surface area (Å²) in [7, 11) is 0. The van der Waals surface area contributed by atoms with Gasteiger partial charge in [0, 0.05) is 12.6 Å². The highest BCUT2D eigenvalue weighted by atomic mass is 32.2. The number of rotatable bonds is 5. The van der Waals surface area contributed by atoms with Crippen molar-refractivity contribution in [3.05, 3.63) is 11.7 Å². The third kappa shape index (κ3) is 3.43. The van der Waals surface area contributed by atoms with Gasteiger partial charge in [-0.2, -0.15) is 16.7 Å². The van der Waals surface area contributed by atoms with Crippen molar-refractivity contribution >= 4 is 11.8 Å². The molecule has 6 heteroatoms. The summed E-state index contributed by atoms with van der Waals surface area (Å²) in [4.78, 5) is 6.74. The number of aromatic nitrogens is 2. The van der Waals surface area contributed by atoms with Crippen molar-refractivity contribution < 1.29 is 9.26 Å². The van der Waals surface area contributed by atoms with Crippen LogP contribution in [0.5, 0.6) is 0 Å². The fourth-order valence-corrected chi connectivity index (χ4v) is 2.36. The molecular formula is C11H19N3O2S. The molecule has 2 heterocycles. The van der Waals surface area contributed by atoms with E-state index < -0.39 is 0 Å². The standard InChI is InChI=1S/C11H19N3O2S/c1-3-9-7-15-5-4-14(9)6-11-12-10(8-17-2)13-16-11/h9H,3-8H2,1-2H3/t9-/m0/s1. The first-order valence-corrected chi connectivity index (χ1v) is 7.35. The predicted octanol–water partition coefficient (Wildman–Crippen LogP) is 1.54. The van der Waals surface area contributed by atoms with Crippen LogP contribution in [-0.2, 0) is 17.0 Å². The molecule has 0 saturated carbocycles. The zero-order valence-electron chi connectivity index (χ0n) is 10.4. The number of hydrogen-bond donors (Lipinski definition) is 0. The Bertz CT molecular complexity index is 345. The molecule has 0 bridgehead atoms. The van der Waals surface area contributed by atoms with Crippen LogP contribution >= 0.6 is 11.8 Å². The van der Waals surface area contributed by atoms with Crippen LogP contribution in [0.2, 0.25) is 0 Å². The van der Waals surface area contributed by atoms with Gasteiger partial charge in [0.1, 0.15) is 0 Å². The van der Waals surface area contributed by atoms with Crippen molar-refractivity contribution in [3.8, 4) is 0 Å². The lowest BCUT2D eigenvalue weighted by Crippen LogP contribution is -2.44. The van der Waals surface area contributed by atoms with E-state index in [1.165, 1.54) is 0 Å². The first-order chi connectivity index (χ1) is 8.33. The van der Waals surface area contributed by atoms with Gasteiger partial charge in [-0.3, -0.25) is 4.90 Å². The van der Waals surface area contributed by atoms with E-state index in [4.69, 9.17) is 9.26 Å². The van der Waals surface area contributed by atoms with Gasteiger partial charge in [-0.1, -0.05) is 12.1 Å². The SMILES string of the molecule is CC[C@H]1COCCN1Cc1nc(CSC)no1. The van der Waals surface area contributed by atoms with Gasteiger partial charge in [0.2, 0.25) is 5.89 Å². The Morgan fingerprint density at radius 3 is 3.18 bits per heavy atom. The van der Waals surface area contributed by atoms with Crippen molar-refractivity contribution in [3.63, 3.8) is 0 Å². The van der Waals surface area contributed by atoms with Crippen molar-refractivity contribution in [2.24, 2.45) is 0 Å². The van der Waals surface area contributed by atoms with Gasteiger partial charge in [0.15, 0.2) is 5.82 Å². The molecule has 1 saturated heterocycles. The number of morpholine rings is 1. The summed E-state index contributed by atoms with van der Waals surface area (Å²) in [5.41, 5.74) is 0. The molecule has 5 nitrogen and oxygen atoms in total. The van der Waals surface area contributed by atoms with E-state index in [-0.39, 0.29) is 0 Å². The molecule has 1 fully saturated rings. The Hall–Kier alpha value is -0.590. The van der Waals surface area contributed by atoms with Crippen molar-refractivity contribution in [2.75, 3.05) is 26.0 Å². The van der Waals surface area contributed by atoms with E-state index in [0.29, 0.717) is 6.04 Å². The van der Waals surface area contributed by atoms with E-state index in [2.05, 4.69) is 22.0 Å². The van der Waals surface area contributed by atoms with Crippen LogP contribution in [0.4, 0.5) is 0 Å². The first-order valence-electron chi connectivity index (χ1n) is 5.95. The molecule has 0 aliphatic carbocycles. The molecule has 1 atom stereocenters. The van der Waals surface area contributed by atoms with Gasteiger partial charge in [0.25, 0.3) is 0 Å². The predicted molar refractivity (Wildman–Crippen MR) is 66.8 cm³/mol. The Balaban J connectivity index is 1.93. The quantitative estimate of drug-likeness (QED) is 0.797. The summed E-state index contributed by atoms with van der Waals surface area (Å²) in [6.07, 6.45) is 3.12. The van der Waals surface area contributed by atoms with Gasteiger partial charge in [0.05, 0.1) is 25.5 Å². The molecule has 0 unspecified atom stereocenters. The minimum atomic E-state index is 0.472. The van der Waals surface area contributed by atoms with Gasteiger partial charge in [-0.25, -0.2) is 0 Å². The summed E-state index contributed by atoms with van der Waals surface area (Å²) < 4.78 is 10.7. The van der Waals surface area contributed by atoms with Crippen LogP contribution in [0.15, 0.2) is 4.52 Å². The molecule has 2 rings (SSSR count). The van der Waals surface area contributed by atoms with Crippen LogP contribution in [0.3, 0.4) is 0 Å². The van der Waals surface area contributed by atoms with E-state index in [9.17, 15) is 0 Å². The van der Waals surface area contributed by atoms with Crippen molar-refractivity contribution in [2.45, 2.75) is 31.7 Å². The maximum atomic E-state index is 5.47. The molecular weight excluding hydrogens is 238 g/mol. The van der Waals surface area contributed by atoms with Crippen LogP contribution in [0.1, 0.15) is 25.1 Å². The average molecular weight is 257 g/mol. The molecule has 0 amide bonds. The zero-order valence-corrected chi connectivity index (χ0v) is 11.2. The Labute approximate surface area is 106 Å². The van der Waals surface area contributed by atoms with E-state index in [1.54, 1.807) is 11.8 Å². The van der Waals surface area contributed by atoms with E-state index in [1.807, 2.05) is 6.26 Å². The largest absolute Gasteiger partial charge is 0.378 e. The molecule has 0 aromatic carbocycles. The minimum Gasteiger partial charge on any atom is -0.378 e. The van der Waals surface area contributed by atoms with Gasteiger partial charge in [-0.05, 0) is 12.7 Å². The zero-order chi connectivity index (χ0) is 12.1. The topological polar surface area (TPSA) is 51.4 Å². The monoisotopic (exact) mass is 257 g/mol. The smallest absolute Gasteiger partial charge is 0.240 e. The van der Waals surface area contributed by atoms with Crippen LogP contribution < -0.4 is 0 Å². The normalized spacial score (nSPS) is 21.9. The summed E-state index contributed by atoms with van der Waals surface area (Å²) >= 11 is 1.70. The second-order valence-electron chi connectivity index (χ2n) is 4.14. The number of thioether (sulfide) groups is 1. The maximum absolute atomic E-state index is 5.47. The lowest BCUT2D eigenvalue weighted by molar-refractivity contribution is -0.0167. The van der Waals surface area contributed by atoms with Crippen LogP contribution in [-0.4, -0.2) is 47.1 Å². The highest BCUT2D eigenvalue weighted by Gasteiger charge is 2.23. The van der Waals surface area contributed by atoms with Gasteiger partial charge < -0.3 is 9.26 Å². The molecule has 1 aromatic rings. The highest BCUT2D eigenvalue weighted by Crippen LogP contribution is 2.14. The third-order valence-electron chi connectivity index (χ3n) is 2.94. The van der Waals surface area contributed by atoms with Gasteiger partial charge in [-0.15, -0.1) is 0 Å². The summed E-state index contributed by atoms with van der Waals surface area (Å²) in [6.45, 7) is 5.46. The summed E-state index contributed by atoms with van der Waals surface area (Å²) in [5, 5.41) is 3.96. The minimum absolute atomic E-state index is 0.472. The Morgan fingerprint density at radius 2 is 2.41 bits per heavy atom.